The van der Waals surface area contributed by atoms with Gasteiger partial charge in [-0.1, -0.05) is 24.4 Å². The van der Waals surface area contributed by atoms with Crippen LogP contribution in [0.25, 0.3) is 10.9 Å². The number of H-pyrrole nitrogens is 1. The van der Waals surface area contributed by atoms with Crippen LogP contribution in [0.4, 0.5) is 0 Å². The molecule has 168 valence electrons. The standard InChI is InChI=1S/C23H26ClN5O3/c1-29-9-8-18-20(12-29)32-23(28-18)22(31)27-17-5-3-2-4-16(17)26-21(30)19-11-13-10-14(24)6-7-15(13)25-19/h6-7,10-11,16-17,25H,2-5,8-9,12H2,1H3,(H,26,30)(H,27,31)/t16-,17+/m0/s1. The van der Waals surface area contributed by atoms with Gasteiger partial charge in [0.15, 0.2) is 0 Å². The normalized spacial score (nSPS) is 21.3. The van der Waals surface area contributed by atoms with E-state index in [0.29, 0.717) is 17.3 Å². The molecule has 0 radical (unpaired) electrons. The number of fused-ring (bicyclic) bond motifs is 2. The number of amides is 2. The molecule has 0 bridgehead atoms. The van der Waals surface area contributed by atoms with Crippen LogP contribution >= 0.6 is 11.6 Å². The molecule has 2 aliphatic rings. The van der Waals surface area contributed by atoms with E-state index in [0.717, 1.165) is 61.0 Å². The molecule has 1 saturated carbocycles. The first kappa shape index (κ1) is 21.0. The molecule has 1 aliphatic carbocycles. The Hall–Kier alpha value is -2.84. The third-order valence-electron chi connectivity index (χ3n) is 6.34. The number of hydrogen-bond acceptors (Lipinski definition) is 5. The van der Waals surface area contributed by atoms with Crippen molar-refractivity contribution < 1.29 is 14.0 Å². The van der Waals surface area contributed by atoms with Crippen molar-refractivity contribution in [1.29, 1.82) is 0 Å². The molecule has 3 N–H and O–H groups in total. The van der Waals surface area contributed by atoms with Gasteiger partial charge in [-0.3, -0.25) is 14.5 Å². The molecule has 3 aromatic rings. The maximum Gasteiger partial charge on any atom is 0.307 e. The molecule has 32 heavy (non-hydrogen) atoms. The zero-order valence-corrected chi connectivity index (χ0v) is 18.7. The molecule has 3 heterocycles. The predicted molar refractivity (Wildman–Crippen MR) is 121 cm³/mol. The van der Waals surface area contributed by atoms with E-state index in [4.69, 9.17) is 16.0 Å². The van der Waals surface area contributed by atoms with Gasteiger partial charge in [-0.05, 0) is 44.2 Å². The summed E-state index contributed by atoms with van der Waals surface area (Å²) < 4.78 is 5.74. The van der Waals surface area contributed by atoms with Crippen molar-refractivity contribution in [2.45, 2.75) is 50.7 Å². The van der Waals surface area contributed by atoms with E-state index in [-0.39, 0.29) is 29.8 Å². The van der Waals surface area contributed by atoms with Gasteiger partial charge in [-0.2, -0.15) is 0 Å². The number of carbonyl (C=O) groups is 2. The highest BCUT2D eigenvalue weighted by molar-refractivity contribution is 6.31. The smallest absolute Gasteiger partial charge is 0.307 e. The van der Waals surface area contributed by atoms with Gasteiger partial charge >= 0.3 is 5.91 Å². The van der Waals surface area contributed by atoms with E-state index >= 15 is 0 Å². The van der Waals surface area contributed by atoms with Gasteiger partial charge in [-0.15, -0.1) is 0 Å². The van der Waals surface area contributed by atoms with Gasteiger partial charge in [0, 0.05) is 41.0 Å². The molecular formula is C23H26ClN5O3. The SMILES string of the molecule is CN1CCc2nc(C(=O)N[C@@H]3CCCC[C@@H]3NC(=O)c3cc4cc(Cl)ccc4[nH]3)oc2C1. The lowest BCUT2D eigenvalue weighted by Gasteiger charge is -2.32. The lowest BCUT2D eigenvalue weighted by atomic mass is 9.90. The van der Waals surface area contributed by atoms with Crippen LogP contribution < -0.4 is 10.6 Å². The van der Waals surface area contributed by atoms with Crippen molar-refractivity contribution in [3.63, 3.8) is 0 Å². The molecule has 8 nitrogen and oxygen atoms in total. The van der Waals surface area contributed by atoms with Gasteiger partial charge in [-0.25, -0.2) is 4.98 Å². The van der Waals surface area contributed by atoms with E-state index in [1.807, 2.05) is 19.2 Å². The Kier molecular flexibility index (Phi) is 5.65. The number of halogens is 1. The van der Waals surface area contributed by atoms with Crippen molar-refractivity contribution >= 4 is 34.3 Å². The van der Waals surface area contributed by atoms with E-state index in [1.54, 1.807) is 12.1 Å². The van der Waals surface area contributed by atoms with Gasteiger partial charge in [0.25, 0.3) is 11.8 Å². The second-order valence-electron chi connectivity index (χ2n) is 8.74. The maximum absolute atomic E-state index is 12.9. The Balaban J connectivity index is 1.27. The molecule has 2 atom stereocenters. The van der Waals surface area contributed by atoms with Crippen molar-refractivity contribution in [2.24, 2.45) is 0 Å². The van der Waals surface area contributed by atoms with Crippen LogP contribution in [0, 0.1) is 0 Å². The van der Waals surface area contributed by atoms with Crippen molar-refractivity contribution in [2.75, 3.05) is 13.6 Å². The number of benzene rings is 1. The number of nitrogens with zero attached hydrogens (tertiary/aromatic N) is 2. The third kappa shape index (κ3) is 4.25. The minimum Gasteiger partial charge on any atom is -0.436 e. The fraction of sp³-hybridized carbons (Fsp3) is 0.435. The van der Waals surface area contributed by atoms with Crippen molar-refractivity contribution in [3.8, 4) is 0 Å². The molecule has 0 saturated heterocycles. The first-order valence-electron chi connectivity index (χ1n) is 11.0. The molecule has 0 spiro atoms. The topological polar surface area (TPSA) is 103 Å². The second kappa shape index (κ2) is 8.60. The lowest BCUT2D eigenvalue weighted by molar-refractivity contribution is 0.0839. The molecule has 1 fully saturated rings. The van der Waals surface area contributed by atoms with Gasteiger partial charge in [0.2, 0.25) is 0 Å². The second-order valence-corrected chi connectivity index (χ2v) is 9.17. The fourth-order valence-corrected chi connectivity index (χ4v) is 4.78. The van der Waals surface area contributed by atoms with Crippen LogP contribution in [-0.4, -0.2) is 52.4 Å². The number of aromatic nitrogens is 2. The van der Waals surface area contributed by atoms with Crippen LogP contribution in [0.5, 0.6) is 0 Å². The third-order valence-corrected chi connectivity index (χ3v) is 6.58. The van der Waals surface area contributed by atoms with Crippen LogP contribution in [0.3, 0.4) is 0 Å². The number of hydrogen-bond donors (Lipinski definition) is 3. The van der Waals surface area contributed by atoms with Crippen LogP contribution in [0.15, 0.2) is 28.7 Å². The van der Waals surface area contributed by atoms with Gasteiger partial charge < -0.3 is 20.0 Å². The zero-order valence-electron chi connectivity index (χ0n) is 17.9. The average Bonchev–Trinajstić information content (AvgIpc) is 3.38. The van der Waals surface area contributed by atoms with Crippen LogP contribution in [-0.2, 0) is 13.0 Å². The Bertz CT molecular complexity index is 1170. The first-order chi connectivity index (χ1) is 15.5. The van der Waals surface area contributed by atoms with Crippen LogP contribution in [0.2, 0.25) is 5.02 Å². The minimum absolute atomic E-state index is 0.105. The summed E-state index contributed by atoms with van der Waals surface area (Å²) in [6, 6.07) is 6.92. The maximum atomic E-state index is 12.9. The zero-order chi connectivity index (χ0) is 22.2. The quantitative estimate of drug-likeness (QED) is 0.560. The van der Waals surface area contributed by atoms with E-state index in [9.17, 15) is 9.59 Å². The molecule has 1 aliphatic heterocycles. The number of likely N-dealkylation sites (N-methyl/N-ethyl adjacent to an activating group) is 1. The summed E-state index contributed by atoms with van der Waals surface area (Å²) in [5.74, 6) is 0.344. The molecule has 9 heteroatoms. The Labute approximate surface area is 190 Å². The summed E-state index contributed by atoms with van der Waals surface area (Å²) in [5.41, 5.74) is 2.19. The van der Waals surface area contributed by atoms with Crippen LogP contribution in [0.1, 0.15) is 58.3 Å². The highest BCUT2D eigenvalue weighted by atomic mass is 35.5. The summed E-state index contributed by atoms with van der Waals surface area (Å²) in [5, 5.41) is 7.65. The van der Waals surface area contributed by atoms with Gasteiger partial charge in [0.05, 0.1) is 12.2 Å². The van der Waals surface area contributed by atoms with Crippen molar-refractivity contribution in [3.05, 3.63) is 52.3 Å². The number of oxazole rings is 1. The Morgan fingerprint density at radius 1 is 1.16 bits per heavy atom. The molecule has 5 rings (SSSR count). The first-order valence-corrected chi connectivity index (χ1v) is 11.4. The summed E-state index contributed by atoms with van der Waals surface area (Å²) in [7, 11) is 2.02. The number of aromatic amines is 1. The summed E-state index contributed by atoms with van der Waals surface area (Å²) in [6.45, 7) is 1.56. The van der Waals surface area contributed by atoms with E-state index < -0.39 is 0 Å². The van der Waals surface area contributed by atoms with Gasteiger partial charge in [0.1, 0.15) is 11.5 Å². The predicted octanol–water partition coefficient (Wildman–Crippen LogP) is 3.27. The molecule has 2 amide bonds. The Morgan fingerprint density at radius 3 is 2.69 bits per heavy atom. The van der Waals surface area contributed by atoms with Crippen molar-refractivity contribution in [1.82, 2.24) is 25.5 Å². The minimum atomic E-state index is -0.326. The summed E-state index contributed by atoms with van der Waals surface area (Å²) in [6.07, 6.45) is 4.37. The van der Waals surface area contributed by atoms with E-state index in [2.05, 4.69) is 25.5 Å². The fourth-order valence-electron chi connectivity index (χ4n) is 4.60. The molecule has 0 unspecified atom stereocenters. The highest BCUT2D eigenvalue weighted by Gasteiger charge is 2.31. The lowest BCUT2D eigenvalue weighted by Crippen LogP contribution is -2.53. The number of carbonyl (C=O) groups excluding carboxylic acids is 2. The Morgan fingerprint density at radius 2 is 1.91 bits per heavy atom. The summed E-state index contributed by atoms with van der Waals surface area (Å²) in [4.78, 5) is 35.4. The molecular weight excluding hydrogens is 430 g/mol. The number of nitrogens with one attached hydrogen (secondary N) is 3. The monoisotopic (exact) mass is 455 g/mol. The van der Waals surface area contributed by atoms with E-state index in [1.165, 1.54) is 0 Å². The number of rotatable bonds is 4. The highest BCUT2D eigenvalue weighted by Crippen LogP contribution is 2.23. The largest absolute Gasteiger partial charge is 0.436 e. The molecule has 2 aromatic heterocycles. The average molecular weight is 456 g/mol. The molecule has 1 aromatic carbocycles. The summed E-state index contributed by atoms with van der Waals surface area (Å²) >= 11 is 6.05.